The van der Waals surface area contributed by atoms with Gasteiger partial charge in [0, 0.05) is 5.69 Å². The summed E-state index contributed by atoms with van der Waals surface area (Å²) in [4.78, 5) is 11.8. The van der Waals surface area contributed by atoms with Crippen molar-refractivity contribution in [3.8, 4) is 0 Å². The van der Waals surface area contributed by atoms with Gasteiger partial charge < -0.3 is 10.1 Å². The van der Waals surface area contributed by atoms with Crippen LogP contribution in [-0.2, 0) is 9.53 Å². The highest BCUT2D eigenvalue weighted by Crippen LogP contribution is 2.25. The predicted molar refractivity (Wildman–Crippen MR) is 75.0 cm³/mol. The third-order valence-corrected chi connectivity index (χ3v) is 3.29. The van der Waals surface area contributed by atoms with Crippen molar-refractivity contribution in [2.75, 3.05) is 11.9 Å². The molecule has 0 aliphatic rings. The van der Waals surface area contributed by atoms with E-state index in [0.29, 0.717) is 6.61 Å². The number of ether oxygens (including phenoxy) is 1. The Morgan fingerprint density at radius 2 is 1.83 bits per heavy atom. The van der Waals surface area contributed by atoms with Crippen LogP contribution in [0.15, 0.2) is 12.1 Å². The lowest BCUT2D eigenvalue weighted by Gasteiger charge is -2.26. The number of benzene rings is 1. The number of nitrogens with one attached hydrogen (secondary N) is 1. The van der Waals surface area contributed by atoms with Crippen LogP contribution in [-0.4, -0.2) is 18.1 Å². The number of hydrogen-bond donors (Lipinski definition) is 1. The molecule has 18 heavy (non-hydrogen) atoms. The molecule has 0 aliphatic heterocycles. The van der Waals surface area contributed by atoms with Crippen LogP contribution in [0.5, 0.6) is 0 Å². The van der Waals surface area contributed by atoms with Crippen LogP contribution in [0, 0.1) is 20.8 Å². The first-order valence-corrected chi connectivity index (χ1v) is 6.31. The van der Waals surface area contributed by atoms with Crippen molar-refractivity contribution in [2.45, 2.75) is 47.1 Å². The third-order valence-electron chi connectivity index (χ3n) is 3.29. The molecule has 0 aliphatic carbocycles. The minimum Gasteiger partial charge on any atom is -0.464 e. The summed E-state index contributed by atoms with van der Waals surface area (Å²) < 4.78 is 5.07. The van der Waals surface area contributed by atoms with Gasteiger partial charge in [0.25, 0.3) is 0 Å². The van der Waals surface area contributed by atoms with Gasteiger partial charge in [-0.05, 0) is 64.3 Å². The molecule has 0 radical (unpaired) electrons. The zero-order chi connectivity index (χ0) is 13.9. The normalized spacial score (nSPS) is 11.2. The molecule has 1 aromatic rings. The molecule has 0 atom stereocenters. The van der Waals surface area contributed by atoms with Gasteiger partial charge in [-0.15, -0.1) is 0 Å². The van der Waals surface area contributed by atoms with Gasteiger partial charge in [0.15, 0.2) is 0 Å². The van der Waals surface area contributed by atoms with Crippen molar-refractivity contribution < 1.29 is 9.53 Å². The quantitative estimate of drug-likeness (QED) is 0.831. The first-order chi connectivity index (χ1) is 8.29. The van der Waals surface area contributed by atoms with Gasteiger partial charge in [-0.3, -0.25) is 0 Å². The molecule has 0 bridgehead atoms. The third kappa shape index (κ3) is 3.03. The summed E-state index contributed by atoms with van der Waals surface area (Å²) in [5.74, 6) is -0.234. The summed E-state index contributed by atoms with van der Waals surface area (Å²) in [6.07, 6.45) is 0. The standard InChI is InChI=1S/C15H23NO2/c1-7-18-14(17)15(5,6)16-13-9-8-10(2)11(3)12(13)4/h8-9,16H,7H2,1-6H3. The molecule has 1 rings (SSSR count). The molecule has 0 spiro atoms. The molecule has 0 unspecified atom stereocenters. The van der Waals surface area contributed by atoms with E-state index in [0.717, 1.165) is 5.69 Å². The summed E-state index contributed by atoms with van der Waals surface area (Å²) in [6.45, 7) is 12.1. The maximum Gasteiger partial charge on any atom is 0.331 e. The molecule has 0 saturated carbocycles. The average Bonchev–Trinajstić information content (AvgIpc) is 2.30. The van der Waals surface area contributed by atoms with E-state index in [1.165, 1.54) is 16.7 Å². The van der Waals surface area contributed by atoms with E-state index in [-0.39, 0.29) is 5.97 Å². The SMILES string of the molecule is CCOC(=O)C(C)(C)Nc1ccc(C)c(C)c1C. The fraction of sp³-hybridized carbons (Fsp3) is 0.533. The fourth-order valence-electron chi connectivity index (χ4n) is 1.79. The maximum atomic E-state index is 11.8. The molecule has 3 heteroatoms. The monoisotopic (exact) mass is 249 g/mol. The summed E-state index contributed by atoms with van der Waals surface area (Å²) in [6, 6.07) is 4.07. The Bertz CT molecular complexity index is 450. The molecule has 100 valence electrons. The van der Waals surface area contributed by atoms with Crippen LogP contribution in [0.1, 0.15) is 37.5 Å². The van der Waals surface area contributed by atoms with Crippen LogP contribution in [0.3, 0.4) is 0 Å². The lowest BCUT2D eigenvalue weighted by Crippen LogP contribution is -2.41. The van der Waals surface area contributed by atoms with Crippen molar-refractivity contribution in [2.24, 2.45) is 0 Å². The number of rotatable bonds is 4. The molecule has 0 aromatic heterocycles. The van der Waals surface area contributed by atoms with Crippen LogP contribution in [0.2, 0.25) is 0 Å². The predicted octanol–water partition coefficient (Wildman–Crippen LogP) is 3.37. The van der Waals surface area contributed by atoms with Gasteiger partial charge in [-0.1, -0.05) is 6.07 Å². The molecule has 0 amide bonds. The Balaban J connectivity index is 2.97. The zero-order valence-corrected chi connectivity index (χ0v) is 12.2. The molecule has 1 N–H and O–H groups in total. The molecule has 3 nitrogen and oxygen atoms in total. The largest absolute Gasteiger partial charge is 0.464 e. The smallest absolute Gasteiger partial charge is 0.331 e. The minimum absolute atomic E-state index is 0.234. The first kappa shape index (κ1) is 14.6. The molecule has 1 aromatic carbocycles. The van der Waals surface area contributed by atoms with Crippen molar-refractivity contribution in [1.82, 2.24) is 0 Å². The van der Waals surface area contributed by atoms with Gasteiger partial charge in [0.05, 0.1) is 6.61 Å². The summed E-state index contributed by atoms with van der Waals surface area (Å²) >= 11 is 0. The van der Waals surface area contributed by atoms with Crippen molar-refractivity contribution in [1.29, 1.82) is 0 Å². The van der Waals surface area contributed by atoms with Crippen LogP contribution in [0.4, 0.5) is 5.69 Å². The second kappa shape index (κ2) is 5.42. The van der Waals surface area contributed by atoms with E-state index >= 15 is 0 Å². The highest BCUT2D eigenvalue weighted by molar-refractivity contribution is 5.84. The van der Waals surface area contributed by atoms with Crippen LogP contribution < -0.4 is 5.32 Å². The summed E-state index contributed by atoms with van der Waals surface area (Å²) in [5, 5.41) is 3.26. The van der Waals surface area contributed by atoms with Gasteiger partial charge in [0.2, 0.25) is 0 Å². The molecule has 0 heterocycles. The highest BCUT2D eigenvalue weighted by atomic mass is 16.5. The topological polar surface area (TPSA) is 38.3 Å². The Morgan fingerprint density at radius 3 is 2.39 bits per heavy atom. The zero-order valence-electron chi connectivity index (χ0n) is 12.2. The van der Waals surface area contributed by atoms with Crippen LogP contribution in [0.25, 0.3) is 0 Å². The second-order valence-electron chi connectivity index (χ2n) is 5.15. The molecule has 0 fully saturated rings. The number of aryl methyl sites for hydroxylation is 1. The minimum atomic E-state index is -0.720. The lowest BCUT2D eigenvalue weighted by molar-refractivity contribution is -0.147. The van der Waals surface area contributed by atoms with E-state index in [1.807, 2.05) is 26.8 Å². The Morgan fingerprint density at radius 1 is 1.22 bits per heavy atom. The number of esters is 1. The average molecular weight is 249 g/mol. The number of hydrogen-bond acceptors (Lipinski definition) is 3. The molecule has 0 saturated heterocycles. The first-order valence-electron chi connectivity index (χ1n) is 6.31. The number of carbonyl (C=O) groups is 1. The van der Waals surface area contributed by atoms with Gasteiger partial charge in [-0.2, -0.15) is 0 Å². The van der Waals surface area contributed by atoms with Gasteiger partial charge >= 0.3 is 5.97 Å². The Hall–Kier alpha value is -1.51. The number of anilines is 1. The van der Waals surface area contributed by atoms with E-state index in [9.17, 15) is 4.79 Å². The highest BCUT2D eigenvalue weighted by Gasteiger charge is 2.29. The lowest BCUT2D eigenvalue weighted by atomic mass is 9.99. The van der Waals surface area contributed by atoms with E-state index in [2.05, 4.69) is 32.2 Å². The Labute approximate surface area is 110 Å². The van der Waals surface area contributed by atoms with Crippen molar-refractivity contribution in [3.63, 3.8) is 0 Å². The molecular weight excluding hydrogens is 226 g/mol. The summed E-state index contributed by atoms with van der Waals surface area (Å²) in [5.41, 5.74) is 3.94. The van der Waals surface area contributed by atoms with Gasteiger partial charge in [0.1, 0.15) is 5.54 Å². The van der Waals surface area contributed by atoms with Crippen molar-refractivity contribution in [3.05, 3.63) is 28.8 Å². The number of carbonyl (C=O) groups excluding carboxylic acids is 1. The van der Waals surface area contributed by atoms with E-state index in [4.69, 9.17) is 4.74 Å². The van der Waals surface area contributed by atoms with Gasteiger partial charge in [-0.25, -0.2) is 4.79 Å². The van der Waals surface area contributed by atoms with Crippen molar-refractivity contribution >= 4 is 11.7 Å². The second-order valence-corrected chi connectivity index (χ2v) is 5.15. The van der Waals surface area contributed by atoms with E-state index in [1.54, 1.807) is 0 Å². The Kier molecular flexibility index (Phi) is 4.38. The van der Waals surface area contributed by atoms with E-state index < -0.39 is 5.54 Å². The maximum absolute atomic E-state index is 11.8. The summed E-state index contributed by atoms with van der Waals surface area (Å²) in [7, 11) is 0. The molecular formula is C15H23NO2. The van der Waals surface area contributed by atoms with Crippen LogP contribution >= 0.6 is 0 Å². The fourth-order valence-corrected chi connectivity index (χ4v) is 1.79.